The zero-order chi connectivity index (χ0) is 9.26. The van der Waals surface area contributed by atoms with Crippen molar-refractivity contribution in [1.29, 1.82) is 0 Å². The number of fused-ring (bicyclic) bond motifs is 1. The van der Waals surface area contributed by atoms with Gasteiger partial charge in [-0.05, 0) is 29.8 Å². The summed E-state index contributed by atoms with van der Waals surface area (Å²) in [5, 5.41) is 0. The molecular formula is C12H15N. The maximum Gasteiger partial charge on any atom is 0.0536 e. The molecule has 0 aromatic heterocycles. The van der Waals surface area contributed by atoms with E-state index in [2.05, 4.69) is 55.4 Å². The summed E-state index contributed by atoms with van der Waals surface area (Å²) >= 11 is 0. The summed E-state index contributed by atoms with van der Waals surface area (Å²) in [6, 6.07) is 9.18. The number of rotatable bonds is 1. The Morgan fingerprint density at radius 3 is 2.85 bits per heavy atom. The van der Waals surface area contributed by atoms with Gasteiger partial charge in [-0.3, -0.25) is 0 Å². The van der Waals surface area contributed by atoms with Crippen LogP contribution in [0, 0.1) is 0 Å². The first-order valence-electron chi connectivity index (χ1n) is 4.82. The normalized spacial score (nSPS) is 20.2. The van der Waals surface area contributed by atoms with E-state index in [1.807, 2.05) is 0 Å². The van der Waals surface area contributed by atoms with Crippen molar-refractivity contribution in [2.75, 3.05) is 7.05 Å². The highest BCUT2D eigenvalue weighted by atomic mass is 15.1. The van der Waals surface area contributed by atoms with Gasteiger partial charge in [-0.15, -0.1) is 0 Å². The van der Waals surface area contributed by atoms with Crippen LogP contribution < -0.4 is 0 Å². The van der Waals surface area contributed by atoms with Gasteiger partial charge in [0.1, 0.15) is 0 Å². The van der Waals surface area contributed by atoms with Crippen LogP contribution in [-0.4, -0.2) is 11.9 Å². The summed E-state index contributed by atoms with van der Waals surface area (Å²) in [7, 11) is 2.14. The van der Waals surface area contributed by atoms with Gasteiger partial charge in [-0.25, -0.2) is 0 Å². The zero-order valence-corrected chi connectivity index (χ0v) is 8.20. The Hall–Kier alpha value is -1.24. The van der Waals surface area contributed by atoms with Crippen LogP contribution in [0.2, 0.25) is 0 Å². The van der Waals surface area contributed by atoms with E-state index in [0.717, 1.165) is 6.42 Å². The van der Waals surface area contributed by atoms with E-state index in [4.69, 9.17) is 0 Å². The lowest BCUT2D eigenvalue weighted by molar-refractivity contribution is 0.325. The van der Waals surface area contributed by atoms with Crippen LogP contribution in [0.1, 0.15) is 30.5 Å². The van der Waals surface area contributed by atoms with Crippen LogP contribution >= 0.6 is 0 Å². The summed E-state index contributed by atoms with van der Waals surface area (Å²) in [6.45, 7) is 2.23. The Morgan fingerprint density at radius 1 is 1.31 bits per heavy atom. The van der Waals surface area contributed by atoms with Crippen LogP contribution in [0.25, 0.3) is 6.08 Å². The molecular weight excluding hydrogens is 158 g/mol. The molecule has 0 saturated carbocycles. The first-order chi connectivity index (χ1) is 6.33. The maximum absolute atomic E-state index is 2.28. The molecule has 13 heavy (non-hydrogen) atoms. The summed E-state index contributed by atoms with van der Waals surface area (Å²) in [5.41, 5.74) is 2.82. The van der Waals surface area contributed by atoms with Crippen LogP contribution in [0.5, 0.6) is 0 Å². The van der Waals surface area contributed by atoms with Crippen molar-refractivity contribution in [3.8, 4) is 0 Å². The summed E-state index contributed by atoms with van der Waals surface area (Å²) in [6.07, 6.45) is 5.51. The number of hydrogen-bond donors (Lipinski definition) is 0. The second-order valence-corrected chi connectivity index (χ2v) is 3.53. The van der Waals surface area contributed by atoms with E-state index in [9.17, 15) is 0 Å². The van der Waals surface area contributed by atoms with Crippen LogP contribution in [0.15, 0.2) is 30.5 Å². The van der Waals surface area contributed by atoms with Gasteiger partial charge in [0.25, 0.3) is 0 Å². The van der Waals surface area contributed by atoms with Crippen LogP contribution in [-0.2, 0) is 0 Å². The van der Waals surface area contributed by atoms with Gasteiger partial charge >= 0.3 is 0 Å². The van der Waals surface area contributed by atoms with Gasteiger partial charge in [0.2, 0.25) is 0 Å². The second-order valence-electron chi connectivity index (χ2n) is 3.53. The molecule has 0 amide bonds. The van der Waals surface area contributed by atoms with Crippen LogP contribution in [0.3, 0.4) is 0 Å². The smallest absolute Gasteiger partial charge is 0.0536 e. The van der Waals surface area contributed by atoms with Crippen molar-refractivity contribution in [3.63, 3.8) is 0 Å². The third-order valence-corrected chi connectivity index (χ3v) is 2.72. The van der Waals surface area contributed by atoms with Crippen molar-refractivity contribution in [2.24, 2.45) is 0 Å². The molecule has 0 spiro atoms. The minimum atomic E-state index is 0.557. The summed E-state index contributed by atoms with van der Waals surface area (Å²) in [5.74, 6) is 0. The standard InChI is InChI=1S/C12H15N/c1-3-12-11-7-5-4-6-10(11)8-9-13(12)2/h4-9,12H,3H2,1-2H3. The number of hydrogen-bond acceptors (Lipinski definition) is 1. The quantitative estimate of drug-likeness (QED) is 0.631. The van der Waals surface area contributed by atoms with E-state index >= 15 is 0 Å². The highest BCUT2D eigenvalue weighted by molar-refractivity contribution is 5.56. The topological polar surface area (TPSA) is 3.24 Å². The third kappa shape index (κ3) is 1.35. The monoisotopic (exact) mass is 173 g/mol. The van der Waals surface area contributed by atoms with Crippen molar-refractivity contribution < 1.29 is 0 Å². The van der Waals surface area contributed by atoms with Gasteiger partial charge in [-0.1, -0.05) is 31.2 Å². The molecule has 0 aliphatic carbocycles. The first kappa shape index (κ1) is 8.36. The molecule has 0 N–H and O–H groups in total. The molecule has 0 bridgehead atoms. The fraction of sp³-hybridized carbons (Fsp3) is 0.333. The van der Waals surface area contributed by atoms with E-state index in [0.29, 0.717) is 6.04 Å². The van der Waals surface area contributed by atoms with Gasteiger partial charge < -0.3 is 4.90 Å². The largest absolute Gasteiger partial charge is 0.373 e. The molecule has 0 fully saturated rings. The number of benzene rings is 1. The molecule has 1 aromatic rings. The lowest BCUT2D eigenvalue weighted by Gasteiger charge is -2.30. The molecule has 68 valence electrons. The van der Waals surface area contributed by atoms with E-state index in [1.54, 1.807) is 0 Å². The fourth-order valence-electron chi connectivity index (χ4n) is 2.00. The Bertz CT molecular complexity index is 328. The minimum absolute atomic E-state index is 0.557. The molecule has 1 atom stereocenters. The SMILES string of the molecule is CCC1c2ccccc2C=CN1C. The molecule has 0 radical (unpaired) electrons. The summed E-state index contributed by atoms with van der Waals surface area (Å²) < 4.78 is 0. The van der Waals surface area contributed by atoms with Crippen LogP contribution in [0.4, 0.5) is 0 Å². The average molecular weight is 173 g/mol. The van der Waals surface area contributed by atoms with E-state index in [1.165, 1.54) is 11.1 Å². The molecule has 1 heteroatoms. The van der Waals surface area contributed by atoms with Crippen molar-refractivity contribution in [2.45, 2.75) is 19.4 Å². The predicted molar refractivity (Wildman–Crippen MR) is 56.3 cm³/mol. The predicted octanol–water partition coefficient (Wildman–Crippen LogP) is 3.05. The van der Waals surface area contributed by atoms with Crippen molar-refractivity contribution in [3.05, 3.63) is 41.6 Å². The molecule has 1 aliphatic rings. The molecule has 1 nitrogen and oxygen atoms in total. The second kappa shape index (κ2) is 3.25. The lowest BCUT2D eigenvalue weighted by Crippen LogP contribution is -2.21. The highest BCUT2D eigenvalue weighted by Gasteiger charge is 2.17. The van der Waals surface area contributed by atoms with Crippen molar-refractivity contribution >= 4 is 6.08 Å². The van der Waals surface area contributed by atoms with E-state index in [-0.39, 0.29) is 0 Å². The highest BCUT2D eigenvalue weighted by Crippen LogP contribution is 2.30. The summed E-state index contributed by atoms with van der Waals surface area (Å²) in [4.78, 5) is 2.28. The molecule has 1 aromatic carbocycles. The molecule has 1 aliphatic heterocycles. The van der Waals surface area contributed by atoms with Gasteiger partial charge in [0, 0.05) is 7.05 Å². The maximum atomic E-state index is 2.28. The molecule has 1 unspecified atom stereocenters. The molecule has 1 heterocycles. The van der Waals surface area contributed by atoms with Gasteiger partial charge in [-0.2, -0.15) is 0 Å². The fourth-order valence-corrected chi connectivity index (χ4v) is 2.00. The molecule has 0 saturated heterocycles. The first-order valence-corrected chi connectivity index (χ1v) is 4.82. The minimum Gasteiger partial charge on any atom is -0.373 e. The Morgan fingerprint density at radius 2 is 2.08 bits per heavy atom. The van der Waals surface area contributed by atoms with Gasteiger partial charge in [0.05, 0.1) is 6.04 Å². The van der Waals surface area contributed by atoms with Crippen molar-refractivity contribution in [1.82, 2.24) is 4.90 Å². The number of nitrogens with zero attached hydrogens (tertiary/aromatic N) is 1. The average Bonchev–Trinajstić information content (AvgIpc) is 2.18. The zero-order valence-electron chi connectivity index (χ0n) is 8.20. The van der Waals surface area contributed by atoms with Gasteiger partial charge in [0.15, 0.2) is 0 Å². The molecule has 2 rings (SSSR count). The van der Waals surface area contributed by atoms with E-state index < -0.39 is 0 Å². The third-order valence-electron chi connectivity index (χ3n) is 2.72. The lowest BCUT2D eigenvalue weighted by atomic mass is 9.95. The Balaban J connectivity index is 2.47. The Kier molecular flexibility index (Phi) is 2.09. The Labute approximate surface area is 79.7 Å².